The van der Waals surface area contributed by atoms with Crippen molar-refractivity contribution >= 4 is 11.6 Å². The van der Waals surface area contributed by atoms with Crippen LogP contribution in [-0.2, 0) is 11.2 Å². The van der Waals surface area contributed by atoms with E-state index in [1.807, 2.05) is 0 Å². The third-order valence-electron chi connectivity index (χ3n) is 4.46. The van der Waals surface area contributed by atoms with Crippen LogP contribution in [0.25, 0.3) is 0 Å². The second kappa shape index (κ2) is 6.81. The number of hydrogen-bond acceptors (Lipinski definition) is 8. The Balaban J connectivity index is 2.03. The van der Waals surface area contributed by atoms with E-state index in [0.29, 0.717) is 0 Å². The number of fused-ring (bicyclic) bond motifs is 1. The van der Waals surface area contributed by atoms with E-state index in [0.717, 1.165) is 12.1 Å². The molecule has 2 atom stereocenters. The Labute approximate surface area is 153 Å². The summed E-state index contributed by atoms with van der Waals surface area (Å²) in [5, 5.41) is 49.9. The first-order valence-corrected chi connectivity index (χ1v) is 8.18. The van der Waals surface area contributed by atoms with Crippen molar-refractivity contribution in [2.45, 2.75) is 32.0 Å². The van der Waals surface area contributed by atoms with Gasteiger partial charge in [-0.05, 0) is 31.0 Å². The molecule has 1 aliphatic heterocycles. The zero-order chi connectivity index (χ0) is 19.9. The van der Waals surface area contributed by atoms with Gasteiger partial charge in [-0.1, -0.05) is 6.07 Å². The third-order valence-corrected chi connectivity index (χ3v) is 4.46. The van der Waals surface area contributed by atoms with Gasteiger partial charge < -0.3 is 35.1 Å². The van der Waals surface area contributed by atoms with Gasteiger partial charge in [-0.3, -0.25) is 4.79 Å². The molecular formula is C19H18O8. The molecule has 0 fully saturated rings. The van der Waals surface area contributed by atoms with E-state index in [4.69, 9.17) is 4.74 Å². The van der Waals surface area contributed by atoms with Crippen molar-refractivity contribution < 1.29 is 39.9 Å². The lowest BCUT2D eigenvalue weighted by Gasteiger charge is -2.31. The van der Waals surface area contributed by atoms with E-state index in [-0.39, 0.29) is 52.6 Å². The zero-order valence-corrected chi connectivity index (χ0v) is 14.3. The first-order chi connectivity index (χ1) is 12.7. The predicted octanol–water partition coefficient (Wildman–Crippen LogP) is 1.71. The van der Waals surface area contributed by atoms with Crippen LogP contribution in [0.3, 0.4) is 0 Å². The van der Waals surface area contributed by atoms with E-state index >= 15 is 0 Å². The van der Waals surface area contributed by atoms with Crippen molar-refractivity contribution in [3.8, 4) is 28.7 Å². The molecule has 3 rings (SSSR count). The minimum Gasteiger partial charge on any atom is -0.507 e. The molecule has 0 bridgehead atoms. The number of benzene rings is 2. The molecule has 0 unspecified atom stereocenters. The molecule has 0 spiro atoms. The normalized spacial score (nSPS) is 18.7. The zero-order valence-electron chi connectivity index (χ0n) is 14.3. The summed E-state index contributed by atoms with van der Waals surface area (Å²) < 4.78 is 5.59. The summed E-state index contributed by atoms with van der Waals surface area (Å²) in [4.78, 5) is 23.8. The van der Waals surface area contributed by atoms with Gasteiger partial charge >= 0.3 is 0 Å². The van der Waals surface area contributed by atoms with Crippen LogP contribution in [0.5, 0.6) is 28.7 Å². The first-order valence-electron chi connectivity index (χ1n) is 8.18. The van der Waals surface area contributed by atoms with Gasteiger partial charge in [0, 0.05) is 18.1 Å². The summed E-state index contributed by atoms with van der Waals surface area (Å²) in [5.41, 5.74) is -0.0386. The van der Waals surface area contributed by atoms with Crippen molar-refractivity contribution in [3.63, 3.8) is 0 Å². The van der Waals surface area contributed by atoms with Crippen LogP contribution in [0.2, 0.25) is 0 Å². The van der Waals surface area contributed by atoms with Crippen LogP contribution in [-0.4, -0.2) is 43.2 Å². The van der Waals surface area contributed by atoms with E-state index in [9.17, 15) is 35.1 Å². The highest BCUT2D eigenvalue weighted by Crippen LogP contribution is 2.45. The van der Waals surface area contributed by atoms with Gasteiger partial charge in [0.05, 0.1) is 0 Å². The summed E-state index contributed by atoms with van der Waals surface area (Å²) in [6.45, 7) is 1.36. The van der Waals surface area contributed by atoms with E-state index < -0.39 is 29.5 Å². The standard InChI is InChI=1S/C19H18O8/c1-8(20)2-4-10-12(22)7-14-15(16(10)24)17(25)18(26)19(27-14)9-3-5-11(21)13(23)6-9/h3,5-7,18-19,21-24,26H,2,4H2,1H3/t18-,19+/m0/s1. The molecule has 8 nitrogen and oxygen atoms in total. The summed E-state index contributed by atoms with van der Waals surface area (Å²) >= 11 is 0. The van der Waals surface area contributed by atoms with E-state index in [1.165, 1.54) is 19.1 Å². The molecule has 0 amide bonds. The lowest BCUT2D eigenvalue weighted by atomic mass is 9.90. The van der Waals surface area contributed by atoms with Crippen LogP contribution < -0.4 is 4.74 Å². The van der Waals surface area contributed by atoms with Crippen LogP contribution in [0.15, 0.2) is 24.3 Å². The highest BCUT2D eigenvalue weighted by Gasteiger charge is 2.40. The minimum atomic E-state index is -1.68. The van der Waals surface area contributed by atoms with Crippen LogP contribution >= 0.6 is 0 Å². The Hall–Kier alpha value is -3.26. The van der Waals surface area contributed by atoms with Crippen molar-refractivity contribution in [3.05, 3.63) is 41.0 Å². The van der Waals surface area contributed by atoms with Crippen molar-refractivity contribution in [2.75, 3.05) is 0 Å². The van der Waals surface area contributed by atoms with E-state index in [1.54, 1.807) is 0 Å². The fourth-order valence-corrected chi connectivity index (χ4v) is 3.01. The molecule has 2 aromatic rings. The first kappa shape index (κ1) is 18.5. The smallest absolute Gasteiger partial charge is 0.202 e. The average molecular weight is 374 g/mol. The topological polar surface area (TPSA) is 145 Å². The number of carbonyl (C=O) groups is 2. The highest BCUT2D eigenvalue weighted by atomic mass is 16.5. The molecule has 0 aromatic heterocycles. The number of aliphatic hydroxyl groups excluding tert-OH is 1. The number of aromatic hydroxyl groups is 4. The molecule has 1 heterocycles. The highest BCUT2D eigenvalue weighted by molar-refractivity contribution is 6.06. The lowest BCUT2D eigenvalue weighted by molar-refractivity contribution is -0.116. The Kier molecular flexibility index (Phi) is 4.67. The van der Waals surface area contributed by atoms with E-state index in [2.05, 4.69) is 0 Å². The van der Waals surface area contributed by atoms with Gasteiger partial charge in [-0.2, -0.15) is 0 Å². The van der Waals surface area contributed by atoms with Crippen LogP contribution in [0.4, 0.5) is 0 Å². The molecular weight excluding hydrogens is 356 g/mol. The van der Waals surface area contributed by atoms with Crippen molar-refractivity contribution in [2.24, 2.45) is 0 Å². The SMILES string of the molecule is CC(=O)CCc1c(O)cc2c(c1O)C(=O)[C@H](O)[C@@H](c1ccc(O)c(O)c1)O2. The monoisotopic (exact) mass is 374 g/mol. The van der Waals surface area contributed by atoms with Crippen molar-refractivity contribution in [1.29, 1.82) is 0 Å². The van der Waals surface area contributed by atoms with Gasteiger partial charge in [-0.25, -0.2) is 0 Å². The van der Waals surface area contributed by atoms with Gasteiger partial charge in [0.25, 0.3) is 0 Å². The largest absolute Gasteiger partial charge is 0.507 e. The molecule has 2 aromatic carbocycles. The van der Waals surface area contributed by atoms with Gasteiger partial charge in [0.1, 0.15) is 28.6 Å². The Morgan fingerprint density at radius 2 is 1.78 bits per heavy atom. The molecule has 5 N–H and O–H groups in total. The predicted molar refractivity (Wildman–Crippen MR) is 92.3 cm³/mol. The Morgan fingerprint density at radius 1 is 1.07 bits per heavy atom. The minimum absolute atomic E-state index is 0.0221. The van der Waals surface area contributed by atoms with Gasteiger partial charge in [-0.15, -0.1) is 0 Å². The maximum Gasteiger partial charge on any atom is 0.202 e. The number of ketones is 2. The number of carbonyl (C=O) groups excluding carboxylic acids is 2. The fourth-order valence-electron chi connectivity index (χ4n) is 3.01. The second-order valence-electron chi connectivity index (χ2n) is 6.39. The molecule has 8 heteroatoms. The summed E-state index contributed by atoms with van der Waals surface area (Å²) in [7, 11) is 0. The number of Topliss-reactive ketones (excluding diaryl/α,β-unsaturated/α-hetero) is 2. The van der Waals surface area contributed by atoms with Gasteiger partial charge in [0.15, 0.2) is 23.7 Å². The third kappa shape index (κ3) is 3.26. The summed E-state index contributed by atoms with van der Waals surface area (Å²) in [6, 6.07) is 4.83. The number of phenols is 4. The van der Waals surface area contributed by atoms with Gasteiger partial charge in [0.2, 0.25) is 5.78 Å². The molecule has 0 saturated heterocycles. The molecule has 0 saturated carbocycles. The fraction of sp³-hybridized carbons (Fsp3) is 0.263. The second-order valence-corrected chi connectivity index (χ2v) is 6.39. The quantitative estimate of drug-likeness (QED) is 0.509. The molecule has 1 aliphatic rings. The summed E-state index contributed by atoms with van der Waals surface area (Å²) in [6.07, 6.45) is -2.80. The number of aliphatic hydroxyl groups is 1. The molecule has 0 radical (unpaired) electrons. The lowest BCUT2D eigenvalue weighted by Crippen LogP contribution is -2.36. The number of phenolic OH excluding ortho intramolecular Hbond substituents is 4. The number of ether oxygens (including phenoxy) is 1. The average Bonchev–Trinajstić information content (AvgIpc) is 2.59. The molecule has 27 heavy (non-hydrogen) atoms. The molecule has 0 aliphatic carbocycles. The number of hydrogen-bond donors (Lipinski definition) is 5. The summed E-state index contributed by atoms with van der Waals surface area (Å²) in [5.74, 6) is -2.82. The van der Waals surface area contributed by atoms with Crippen LogP contribution in [0, 0.1) is 0 Å². The Bertz CT molecular complexity index is 934. The van der Waals surface area contributed by atoms with Crippen molar-refractivity contribution in [1.82, 2.24) is 0 Å². The molecule has 142 valence electrons. The number of rotatable bonds is 4. The maximum absolute atomic E-state index is 12.6. The van der Waals surface area contributed by atoms with Crippen LogP contribution in [0.1, 0.15) is 40.9 Å². The maximum atomic E-state index is 12.6. The Morgan fingerprint density at radius 3 is 2.41 bits per heavy atom.